The first-order chi connectivity index (χ1) is 9.79. The number of allylic oxidation sites excluding steroid dienone is 1. The number of aliphatic hydroxyl groups is 1. The fourth-order valence-corrected chi connectivity index (χ4v) is 1.71. The highest BCUT2D eigenvalue weighted by atomic mass is 19.4. The minimum absolute atomic E-state index is 0.291. The number of aliphatic hydroxyl groups excluding tert-OH is 1. The molecule has 0 aliphatic carbocycles. The molecule has 0 saturated carbocycles. The summed E-state index contributed by atoms with van der Waals surface area (Å²) >= 11 is 0. The fourth-order valence-electron chi connectivity index (χ4n) is 1.71. The zero-order valence-corrected chi connectivity index (χ0v) is 11.3. The van der Waals surface area contributed by atoms with Crippen molar-refractivity contribution >= 4 is 5.91 Å². The van der Waals surface area contributed by atoms with Crippen molar-refractivity contribution in [1.82, 2.24) is 5.32 Å². The van der Waals surface area contributed by atoms with Gasteiger partial charge in [0.05, 0.1) is 23.8 Å². The van der Waals surface area contributed by atoms with E-state index in [1.807, 2.05) is 0 Å². The van der Waals surface area contributed by atoms with E-state index in [4.69, 9.17) is 5.11 Å². The lowest BCUT2D eigenvalue weighted by atomic mass is 10.0. The third-order valence-electron chi connectivity index (χ3n) is 2.77. The highest BCUT2D eigenvalue weighted by molar-refractivity contribution is 5.96. The van der Waals surface area contributed by atoms with Crippen LogP contribution in [-0.2, 0) is 6.18 Å². The first kappa shape index (κ1) is 17.0. The maximum absolute atomic E-state index is 12.8. The molecule has 0 aromatic heterocycles. The first-order valence-corrected chi connectivity index (χ1v) is 6.22. The minimum Gasteiger partial charge on any atom is -0.508 e. The van der Waals surface area contributed by atoms with Crippen LogP contribution in [0.2, 0.25) is 0 Å². The van der Waals surface area contributed by atoms with Crippen molar-refractivity contribution < 1.29 is 28.2 Å². The van der Waals surface area contributed by atoms with Crippen LogP contribution in [0.15, 0.2) is 30.4 Å². The van der Waals surface area contributed by atoms with Gasteiger partial charge < -0.3 is 15.5 Å². The van der Waals surface area contributed by atoms with E-state index < -0.39 is 41.6 Å². The fraction of sp³-hybridized carbons (Fsp3) is 0.357. The molecule has 4 nitrogen and oxygen atoms in total. The number of rotatable bonds is 5. The molecular formula is C14H16F3NO3. The molecule has 1 aromatic rings. The summed E-state index contributed by atoms with van der Waals surface area (Å²) in [7, 11) is 0. The molecule has 0 aliphatic rings. The van der Waals surface area contributed by atoms with Crippen LogP contribution in [0, 0.1) is 0 Å². The van der Waals surface area contributed by atoms with Crippen LogP contribution < -0.4 is 5.32 Å². The van der Waals surface area contributed by atoms with Gasteiger partial charge >= 0.3 is 6.18 Å². The van der Waals surface area contributed by atoms with Crippen molar-refractivity contribution in [3.63, 3.8) is 0 Å². The summed E-state index contributed by atoms with van der Waals surface area (Å²) in [6, 6.07) is 1.56. The van der Waals surface area contributed by atoms with E-state index in [9.17, 15) is 23.1 Å². The summed E-state index contributed by atoms with van der Waals surface area (Å²) in [6.45, 7) is 1.34. The SMILES string of the molecule is C/C=C/CC(CO)NC(=O)c1cc(O)ccc1C(F)(F)F. The van der Waals surface area contributed by atoms with Crippen molar-refractivity contribution in [2.75, 3.05) is 6.61 Å². The predicted octanol–water partition coefficient (Wildman–Crippen LogP) is 2.47. The molecule has 1 rings (SSSR count). The maximum atomic E-state index is 12.8. The average Bonchev–Trinajstić information content (AvgIpc) is 2.41. The molecule has 0 heterocycles. The van der Waals surface area contributed by atoms with Crippen molar-refractivity contribution in [2.45, 2.75) is 25.6 Å². The van der Waals surface area contributed by atoms with Gasteiger partial charge in [-0.3, -0.25) is 4.79 Å². The van der Waals surface area contributed by atoms with Crippen LogP contribution in [0.3, 0.4) is 0 Å². The van der Waals surface area contributed by atoms with Gasteiger partial charge in [0.15, 0.2) is 0 Å². The summed E-state index contributed by atoms with van der Waals surface area (Å²) in [5, 5.41) is 20.7. The Balaban J connectivity index is 3.03. The van der Waals surface area contributed by atoms with Gasteiger partial charge in [0, 0.05) is 0 Å². The van der Waals surface area contributed by atoms with Gasteiger partial charge in [-0.1, -0.05) is 12.2 Å². The van der Waals surface area contributed by atoms with Gasteiger partial charge in [-0.05, 0) is 31.5 Å². The summed E-state index contributed by atoms with van der Waals surface area (Å²) < 4.78 is 38.5. The van der Waals surface area contributed by atoms with Gasteiger partial charge in [-0.2, -0.15) is 13.2 Å². The highest BCUT2D eigenvalue weighted by Crippen LogP contribution is 2.33. The highest BCUT2D eigenvalue weighted by Gasteiger charge is 2.35. The number of carbonyl (C=O) groups excluding carboxylic acids is 1. The van der Waals surface area contributed by atoms with Crippen LogP contribution in [0.5, 0.6) is 5.75 Å². The monoisotopic (exact) mass is 303 g/mol. The molecule has 1 aromatic carbocycles. The summed E-state index contributed by atoms with van der Waals surface area (Å²) in [5.74, 6) is -1.44. The zero-order valence-electron chi connectivity index (χ0n) is 11.3. The second-order valence-corrected chi connectivity index (χ2v) is 4.39. The van der Waals surface area contributed by atoms with Gasteiger partial charge in [0.1, 0.15) is 5.75 Å². The van der Waals surface area contributed by atoms with E-state index in [0.29, 0.717) is 12.5 Å². The molecule has 0 aliphatic heterocycles. The minimum atomic E-state index is -4.71. The van der Waals surface area contributed by atoms with Crippen molar-refractivity contribution in [1.29, 1.82) is 0 Å². The molecule has 1 unspecified atom stereocenters. The van der Waals surface area contributed by atoms with E-state index in [-0.39, 0.29) is 0 Å². The van der Waals surface area contributed by atoms with E-state index in [0.717, 1.165) is 12.1 Å². The first-order valence-electron chi connectivity index (χ1n) is 6.22. The van der Waals surface area contributed by atoms with Gasteiger partial charge in [-0.15, -0.1) is 0 Å². The van der Waals surface area contributed by atoms with Crippen molar-refractivity contribution in [3.05, 3.63) is 41.5 Å². The smallest absolute Gasteiger partial charge is 0.417 e. The lowest BCUT2D eigenvalue weighted by Crippen LogP contribution is -2.38. The maximum Gasteiger partial charge on any atom is 0.417 e. The average molecular weight is 303 g/mol. The molecule has 0 spiro atoms. The molecule has 0 radical (unpaired) electrons. The Bertz CT molecular complexity index is 527. The third-order valence-corrected chi connectivity index (χ3v) is 2.77. The molecule has 7 heteroatoms. The van der Waals surface area contributed by atoms with Crippen LogP contribution in [0.1, 0.15) is 29.3 Å². The number of hydrogen-bond acceptors (Lipinski definition) is 3. The van der Waals surface area contributed by atoms with Gasteiger partial charge in [0.25, 0.3) is 5.91 Å². The normalized spacial score (nSPS) is 13.4. The Hall–Kier alpha value is -2.02. The molecule has 3 N–H and O–H groups in total. The molecule has 1 atom stereocenters. The van der Waals surface area contributed by atoms with E-state index in [1.165, 1.54) is 0 Å². The Morgan fingerprint density at radius 1 is 1.43 bits per heavy atom. The zero-order chi connectivity index (χ0) is 16.0. The summed E-state index contributed by atoms with van der Waals surface area (Å²) in [5.41, 5.74) is -1.82. The number of alkyl halides is 3. The van der Waals surface area contributed by atoms with Gasteiger partial charge in [0.2, 0.25) is 0 Å². The van der Waals surface area contributed by atoms with Crippen LogP contribution >= 0.6 is 0 Å². The Morgan fingerprint density at radius 2 is 2.10 bits per heavy atom. The van der Waals surface area contributed by atoms with Gasteiger partial charge in [-0.25, -0.2) is 0 Å². The number of aromatic hydroxyl groups is 1. The largest absolute Gasteiger partial charge is 0.508 e. The van der Waals surface area contributed by atoms with E-state index in [1.54, 1.807) is 19.1 Å². The lowest BCUT2D eigenvalue weighted by Gasteiger charge is -2.17. The molecular weight excluding hydrogens is 287 g/mol. The van der Waals surface area contributed by atoms with E-state index >= 15 is 0 Å². The van der Waals surface area contributed by atoms with Crippen LogP contribution in [-0.4, -0.2) is 28.8 Å². The number of hydrogen-bond donors (Lipinski definition) is 3. The standard InChI is InChI=1S/C14H16F3NO3/c1-2-3-4-9(8-19)18-13(21)11-7-10(20)5-6-12(11)14(15,16)17/h2-3,5-7,9,19-20H,4,8H2,1H3,(H,18,21)/b3-2+. The molecule has 0 saturated heterocycles. The topological polar surface area (TPSA) is 69.6 Å². The van der Waals surface area contributed by atoms with Crippen LogP contribution in [0.25, 0.3) is 0 Å². The molecule has 0 bridgehead atoms. The summed E-state index contributed by atoms with van der Waals surface area (Å²) in [4.78, 5) is 11.9. The Morgan fingerprint density at radius 3 is 2.62 bits per heavy atom. The van der Waals surface area contributed by atoms with Crippen molar-refractivity contribution in [2.24, 2.45) is 0 Å². The number of benzene rings is 1. The Labute approximate surface area is 119 Å². The second-order valence-electron chi connectivity index (χ2n) is 4.39. The number of carbonyl (C=O) groups is 1. The molecule has 21 heavy (non-hydrogen) atoms. The number of halogens is 3. The van der Waals surface area contributed by atoms with E-state index in [2.05, 4.69) is 5.32 Å². The predicted molar refractivity (Wildman–Crippen MR) is 70.9 cm³/mol. The van der Waals surface area contributed by atoms with Crippen molar-refractivity contribution in [3.8, 4) is 5.75 Å². The molecule has 0 fully saturated rings. The molecule has 116 valence electrons. The Kier molecular flexibility index (Phi) is 5.78. The quantitative estimate of drug-likeness (QED) is 0.732. The number of nitrogens with one attached hydrogen (secondary N) is 1. The number of phenolic OH excluding ortho intramolecular Hbond substituents is 1. The number of amides is 1. The van der Waals surface area contributed by atoms with Crippen LogP contribution in [0.4, 0.5) is 13.2 Å². The lowest BCUT2D eigenvalue weighted by molar-refractivity contribution is -0.137. The molecule has 1 amide bonds. The summed E-state index contributed by atoms with van der Waals surface area (Å²) in [6.07, 6.45) is -1.05. The number of phenols is 1. The second kappa shape index (κ2) is 7.12. The third kappa shape index (κ3) is 4.78.